The molecule has 32 heavy (non-hydrogen) atoms. The van der Waals surface area contributed by atoms with Gasteiger partial charge in [-0.05, 0) is 59.2 Å². The van der Waals surface area contributed by atoms with Gasteiger partial charge in [0.2, 0.25) is 0 Å². The number of phenolic OH excluding ortho intramolecular Hbond substituents is 3. The average Bonchev–Trinajstić information content (AvgIpc) is 2.77. The van der Waals surface area contributed by atoms with Gasteiger partial charge < -0.3 is 29.9 Å². The van der Waals surface area contributed by atoms with Crippen molar-refractivity contribution >= 4 is 24.2 Å². The number of rotatable bonds is 6. The molecule has 0 radical (unpaired) electrons. The maximum atomic E-state index is 10.3. The molecule has 0 amide bonds. The van der Waals surface area contributed by atoms with E-state index in [2.05, 4.69) is 0 Å². The fourth-order valence-corrected chi connectivity index (χ4v) is 2.62. The Balaban J connectivity index is 0.000000229. The molecule has 3 aromatic rings. The standard InChI is InChI=1S/C14H12O3.C11H12O4/c15-12-5-3-10(4-6-12)1-2-11-7-13(16)9-14(17)8-11;1-14-9-5-3-8(4-6-11(12)13)7-10(9)15-2/h1-9,15-17H;3-7H,1-2H3,(H,12,13). The molecule has 7 nitrogen and oxygen atoms in total. The van der Waals surface area contributed by atoms with Crippen molar-refractivity contribution in [3.05, 3.63) is 83.4 Å². The number of methoxy groups -OCH3 is 2. The number of carboxylic acid groups (broad SMARTS) is 1. The zero-order valence-corrected chi connectivity index (χ0v) is 17.6. The number of ether oxygens (including phenoxy) is 2. The highest BCUT2D eigenvalue weighted by molar-refractivity contribution is 5.85. The third kappa shape index (κ3) is 7.79. The van der Waals surface area contributed by atoms with Gasteiger partial charge in [0.25, 0.3) is 0 Å². The SMILES string of the molecule is COc1ccc(C=CC(=O)O)cc1OC.Oc1ccc(C=Cc2cc(O)cc(O)c2)cc1. The molecule has 0 aliphatic heterocycles. The van der Waals surface area contributed by atoms with Crippen molar-refractivity contribution in [2.75, 3.05) is 14.2 Å². The smallest absolute Gasteiger partial charge is 0.328 e. The Kier molecular flexibility index (Phi) is 8.74. The molecule has 0 aliphatic rings. The summed E-state index contributed by atoms with van der Waals surface area (Å²) in [4.78, 5) is 10.3. The Morgan fingerprint density at radius 3 is 1.78 bits per heavy atom. The molecule has 0 saturated heterocycles. The summed E-state index contributed by atoms with van der Waals surface area (Å²) < 4.78 is 10.1. The van der Waals surface area contributed by atoms with Crippen LogP contribution in [0.2, 0.25) is 0 Å². The van der Waals surface area contributed by atoms with Gasteiger partial charge in [0, 0.05) is 12.1 Å². The maximum absolute atomic E-state index is 10.3. The highest BCUT2D eigenvalue weighted by Crippen LogP contribution is 2.28. The van der Waals surface area contributed by atoms with Crippen LogP contribution < -0.4 is 9.47 Å². The first-order chi connectivity index (χ1) is 15.3. The highest BCUT2D eigenvalue weighted by atomic mass is 16.5. The van der Waals surface area contributed by atoms with E-state index in [1.807, 2.05) is 6.08 Å². The van der Waals surface area contributed by atoms with E-state index in [9.17, 15) is 15.0 Å². The third-order valence-corrected chi connectivity index (χ3v) is 4.11. The molecule has 3 rings (SSSR count). The van der Waals surface area contributed by atoms with Gasteiger partial charge in [0.1, 0.15) is 17.2 Å². The first kappa shape index (κ1) is 23.9. The van der Waals surface area contributed by atoms with Crippen molar-refractivity contribution in [2.24, 2.45) is 0 Å². The van der Waals surface area contributed by atoms with Crippen LogP contribution in [0.1, 0.15) is 16.7 Å². The van der Waals surface area contributed by atoms with E-state index in [1.165, 1.54) is 19.3 Å². The van der Waals surface area contributed by atoms with E-state index in [0.717, 1.165) is 17.2 Å². The second-order valence-electron chi connectivity index (χ2n) is 6.49. The van der Waals surface area contributed by atoms with E-state index in [4.69, 9.17) is 19.7 Å². The lowest BCUT2D eigenvalue weighted by atomic mass is 10.1. The van der Waals surface area contributed by atoms with Crippen LogP contribution in [0.25, 0.3) is 18.2 Å². The van der Waals surface area contributed by atoms with Crippen LogP contribution in [0, 0.1) is 0 Å². The summed E-state index contributed by atoms with van der Waals surface area (Å²) >= 11 is 0. The highest BCUT2D eigenvalue weighted by Gasteiger charge is 2.02. The molecule has 0 bridgehead atoms. The predicted molar refractivity (Wildman–Crippen MR) is 123 cm³/mol. The largest absolute Gasteiger partial charge is 0.508 e. The van der Waals surface area contributed by atoms with Gasteiger partial charge in [-0.15, -0.1) is 0 Å². The van der Waals surface area contributed by atoms with Crippen molar-refractivity contribution in [3.63, 3.8) is 0 Å². The molecule has 7 heteroatoms. The van der Waals surface area contributed by atoms with Crippen molar-refractivity contribution in [3.8, 4) is 28.7 Å². The maximum Gasteiger partial charge on any atom is 0.328 e. The number of aliphatic carboxylic acids is 1. The number of benzene rings is 3. The first-order valence-electron chi connectivity index (χ1n) is 9.44. The molecule has 0 fully saturated rings. The summed E-state index contributed by atoms with van der Waals surface area (Å²) in [5.41, 5.74) is 2.37. The molecule has 0 saturated carbocycles. The zero-order valence-electron chi connectivity index (χ0n) is 17.6. The van der Waals surface area contributed by atoms with E-state index < -0.39 is 5.97 Å². The summed E-state index contributed by atoms with van der Waals surface area (Å²) in [6.45, 7) is 0. The zero-order chi connectivity index (χ0) is 23.5. The fraction of sp³-hybridized carbons (Fsp3) is 0.0800. The summed E-state index contributed by atoms with van der Waals surface area (Å²) in [5, 5.41) is 36.2. The molecular formula is C25H24O7. The molecule has 0 aromatic heterocycles. The lowest BCUT2D eigenvalue weighted by Crippen LogP contribution is -1.91. The van der Waals surface area contributed by atoms with Gasteiger partial charge in [-0.1, -0.05) is 30.4 Å². The second kappa shape index (κ2) is 11.7. The quantitative estimate of drug-likeness (QED) is 0.325. The van der Waals surface area contributed by atoms with Crippen molar-refractivity contribution in [1.29, 1.82) is 0 Å². The fourth-order valence-electron chi connectivity index (χ4n) is 2.62. The Morgan fingerprint density at radius 2 is 1.22 bits per heavy atom. The Bertz CT molecular complexity index is 1080. The lowest BCUT2D eigenvalue weighted by Gasteiger charge is -2.07. The van der Waals surface area contributed by atoms with Crippen LogP contribution in [0.15, 0.2) is 66.7 Å². The molecule has 0 spiro atoms. The molecular weight excluding hydrogens is 412 g/mol. The number of phenols is 3. The van der Waals surface area contributed by atoms with Crippen molar-refractivity contribution in [1.82, 2.24) is 0 Å². The lowest BCUT2D eigenvalue weighted by molar-refractivity contribution is -0.131. The number of aromatic hydroxyl groups is 3. The van der Waals surface area contributed by atoms with Crippen LogP contribution in [0.4, 0.5) is 0 Å². The van der Waals surface area contributed by atoms with Gasteiger partial charge in [0.15, 0.2) is 11.5 Å². The topological polar surface area (TPSA) is 116 Å². The summed E-state index contributed by atoms with van der Waals surface area (Å²) in [6.07, 6.45) is 6.16. The predicted octanol–water partition coefficient (Wildman–Crippen LogP) is 4.78. The van der Waals surface area contributed by atoms with E-state index in [1.54, 1.807) is 67.8 Å². The van der Waals surface area contributed by atoms with Gasteiger partial charge in [-0.2, -0.15) is 0 Å². The van der Waals surface area contributed by atoms with Crippen LogP contribution >= 0.6 is 0 Å². The monoisotopic (exact) mass is 436 g/mol. The minimum Gasteiger partial charge on any atom is -0.508 e. The van der Waals surface area contributed by atoms with E-state index in [-0.39, 0.29) is 17.2 Å². The van der Waals surface area contributed by atoms with E-state index in [0.29, 0.717) is 17.1 Å². The molecule has 4 N–H and O–H groups in total. The van der Waals surface area contributed by atoms with Gasteiger partial charge in [-0.25, -0.2) is 4.79 Å². The molecule has 0 heterocycles. The normalized spacial score (nSPS) is 10.6. The number of hydrogen-bond acceptors (Lipinski definition) is 6. The molecule has 0 atom stereocenters. The molecule has 166 valence electrons. The average molecular weight is 436 g/mol. The van der Waals surface area contributed by atoms with Crippen LogP contribution in [0.3, 0.4) is 0 Å². The van der Waals surface area contributed by atoms with Crippen LogP contribution in [0.5, 0.6) is 28.7 Å². The van der Waals surface area contributed by atoms with Gasteiger partial charge >= 0.3 is 5.97 Å². The summed E-state index contributed by atoms with van der Waals surface area (Å²) in [7, 11) is 3.08. The summed E-state index contributed by atoms with van der Waals surface area (Å²) in [5.74, 6) is 0.475. The van der Waals surface area contributed by atoms with Crippen LogP contribution in [-0.2, 0) is 4.79 Å². The Morgan fingerprint density at radius 1 is 0.656 bits per heavy atom. The third-order valence-electron chi connectivity index (χ3n) is 4.11. The van der Waals surface area contributed by atoms with E-state index >= 15 is 0 Å². The van der Waals surface area contributed by atoms with Crippen molar-refractivity contribution < 1.29 is 34.7 Å². The minimum absolute atomic E-state index is 0.0235. The van der Waals surface area contributed by atoms with Crippen LogP contribution in [-0.4, -0.2) is 40.6 Å². The minimum atomic E-state index is -0.982. The summed E-state index contributed by atoms with van der Waals surface area (Å²) in [6, 6.07) is 16.3. The number of hydrogen-bond donors (Lipinski definition) is 4. The first-order valence-corrected chi connectivity index (χ1v) is 9.44. The molecule has 3 aromatic carbocycles. The molecule has 0 unspecified atom stereocenters. The number of carboxylic acids is 1. The second-order valence-corrected chi connectivity index (χ2v) is 6.49. The Hall–Kier alpha value is -4.39. The van der Waals surface area contributed by atoms with Gasteiger partial charge in [-0.3, -0.25) is 0 Å². The molecule has 0 aliphatic carbocycles. The number of carbonyl (C=O) groups is 1. The van der Waals surface area contributed by atoms with Crippen molar-refractivity contribution in [2.45, 2.75) is 0 Å². The Labute approximate surface area is 185 Å². The van der Waals surface area contributed by atoms with Gasteiger partial charge in [0.05, 0.1) is 14.2 Å².